The number of hydrogen-bond donors (Lipinski definition) is 0. The van der Waals surface area contributed by atoms with Crippen LogP contribution in [0.25, 0.3) is 0 Å². The molecule has 0 radical (unpaired) electrons. The van der Waals surface area contributed by atoms with Gasteiger partial charge in [0, 0.05) is 31.4 Å². The molecule has 2 aromatic rings. The number of thiazole rings is 1. The van der Waals surface area contributed by atoms with Gasteiger partial charge in [0.05, 0.1) is 19.2 Å². The number of rotatable bonds is 5. The summed E-state index contributed by atoms with van der Waals surface area (Å²) < 4.78 is 4.62. The molecule has 0 unspecified atom stereocenters. The fourth-order valence-electron chi connectivity index (χ4n) is 1.60. The maximum absolute atomic E-state index is 11.2. The smallest absolute Gasteiger partial charge is 0.311 e. The SMILES string of the molecule is COC(=O)Cc1csc(N(C)Cc2ccncc2)n1. The van der Waals surface area contributed by atoms with E-state index in [2.05, 4.69) is 14.7 Å². The minimum atomic E-state index is -0.270. The van der Waals surface area contributed by atoms with Gasteiger partial charge in [0.25, 0.3) is 0 Å². The highest BCUT2D eigenvalue weighted by Gasteiger charge is 2.10. The Morgan fingerprint density at radius 2 is 2.16 bits per heavy atom. The van der Waals surface area contributed by atoms with Crippen molar-refractivity contribution in [1.29, 1.82) is 0 Å². The standard InChI is InChI=1S/C13H15N3O2S/c1-16(8-10-3-5-14-6-4-10)13-15-11(9-19-13)7-12(17)18-2/h3-6,9H,7-8H2,1-2H3. The Labute approximate surface area is 115 Å². The summed E-state index contributed by atoms with van der Waals surface area (Å²) in [6, 6.07) is 3.94. The number of anilines is 1. The molecule has 0 amide bonds. The van der Waals surface area contributed by atoms with Gasteiger partial charge < -0.3 is 9.64 Å². The molecule has 0 aromatic carbocycles. The number of hydrogen-bond acceptors (Lipinski definition) is 6. The van der Waals surface area contributed by atoms with Crippen molar-refractivity contribution in [3.05, 3.63) is 41.2 Å². The Hall–Kier alpha value is -1.95. The van der Waals surface area contributed by atoms with Gasteiger partial charge in [-0.25, -0.2) is 4.98 Å². The molecule has 0 aliphatic heterocycles. The zero-order chi connectivity index (χ0) is 13.7. The average molecular weight is 277 g/mol. The van der Waals surface area contributed by atoms with E-state index >= 15 is 0 Å². The fraction of sp³-hybridized carbons (Fsp3) is 0.308. The highest BCUT2D eigenvalue weighted by atomic mass is 32.1. The van der Waals surface area contributed by atoms with Crippen LogP contribution in [0.2, 0.25) is 0 Å². The highest BCUT2D eigenvalue weighted by Crippen LogP contribution is 2.21. The van der Waals surface area contributed by atoms with Crippen molar-refractivity contribution >= 4 is 22.4 Å². The van der Waals surface area contributed by atoms with Crippen LogP contribution >= 0.6 is 11.3 Å². The third kappa shape index (κ3) is 3.75. The predicted molar refractivity (Wildman–Crippen MR) is 74.2 cm³/mol. The molecule has 2 aromatic heterocycles. The van der Waals surface area contributed by atoms with E-state index in [1.165, 1.54) is 24.0 Å². The molecular weight excluding hydrogens is 262 g/mol. The summed E-state index contributed by atoms with van der Waals surface area (Å²) in [5, 5.41) is 2.77. The summed E-state index contributed by atoms with van der Waals surface area (Å²) in [5.74, 6) is -0.270. The van der Waals surface area contributed by atoms with Crippen LogP contribution in [0, 0.1) is 0 Å². The van der Waals surface area contributed by atoms with Gasteiger partial charge in [-0.1, -0.05) is 0 Å². The molecule has 0 aliphatic carbocycles. The molecule has 6 heteroatoms. The molecule has 100 valence electrons. The van der Waals surface area contributed by atoms with Crippen molar-refractivity contribution in [1.82, 2.24) is 9.97 Å². The maximum atomic E-state index is 11.2. The van der Waals surface area contributed by atoms with E-state index in [0.717, 1.165) is 17.4 Å². The molecule has 0 aliphatic rings. The highest BCUT2D eigenvalue weighted by molar-refractivity contribution is 7.13. The molecule has 0 spiro atoms. The minimum absolute atomic E-state index is 0.218. The molecule has 0 saturated heterocycles. The molecule has 5 nitrogen and oxygen atoms in total. The molecule has 19 heavy (non-hydrogen) atoms. The first-order valence-corrected chi connectivity index (χ1v) is 6.68. The number of carbonyl (C=O) groups excluding carboxylic acids is 1. The first-order chi connectivity index (χ1) is 9.19. The largest absolute Gasteiger partial charge is 0.469 e. The van der Waals surface area contributed by atoms with Crippen LogP contribution in [0.4, 0.5) is 5.13 Å². The second kappa shape index (κ2) is 6.29. The van der Waals surface area contributed by atoms with E-state index in [-0.39, 0.29) is 12.4 Å². The number of nitrogens with zero attached hydrogens (tertiary/aromatic N) is 3. The number of methoxy groups -OCH3 is 1. The van der Waals surface area contributed by atoms with Crippen LogP contribution in [0.3, 0.4) is 0 Å². The Balaban J connectivity index is 2.00. The summed E-state index contributed by atoms with van der Waals surface area (Å²) in [7, 11) is 3.35. The van der Waals surface area contributed by atoms with E-state index in [1.807, 2.05) is 29.5 Å². The topological polar surface area (TPSA) is 55.3 Å². The van der Waals surface area contributed by atoms with Crippen LogP contribution in [-0.2, 0) is 22.5 Å². The van der Waals surface area contributed by atoms with E-state index in [0.29, 0.717) is 0 Å². The Morgan fingerprint density at radius 1 is 1.42 bits per heavy atom. The summed E-state index contributed by atoms with van der Waals surface area (Å²) >= 11 is 1.52. The third-order valence-electron chi connectivity index (χ3n) is 2.59. The van der Waals surface area contributed by atoms with Gasteiger partial charge in [0.1, 0.15) is 0 Å². The van der Waals surface area contributed by atoms with E-state index in [1.54, 1.807) is 12.4 Å². The maximum Gasteiger partial charge on any atom is 0.311 e. The molecule has 0 atom stereocenters. The predicted octanol–water partition coefficient (Wildman–Crippen LogP) is 1.89. The number of pyridine rings is 1. The van der Waals surface area contributed by atoms with Crippen LogP contribution in [0.15, 0.2) is 29.9 Å². The molecule has 0 fully saturated rings. The van der Waals surface area contributed by atoms with Gasteiger partial charge in [-0.05, 0) is 17.7 Å². The monoisotopic (exact) mass is 277 g/mol. The van der Waals surface area contributed by atoms with E-state index in [9.17, 15) is 4.79 Å². The second-order valence-electron chi connectivity index (χ2n) is 4.09. The second-order valence-corrected chi connectivity index (χ2v) is 4.92. The van der Waals surface area contributed by atoms with Crippen LogP contribution in [0.1, 0.15) is 11.3 Å². The Morgan fingerprint density at radius 3 is 2.84 bits per heavy atom. The molecule has 2 heterocycles. The lowest BCUT2D eigenvalue weighted by Crippen LogP contribution is -2.16. The Bertz CT molecular complexity index is 542. The van der Waals surface area contributed by atoms with Crippen LogP contribution in [-0.4, -0.2) is 30.1 Å². The van der Waals surface area contributed by atoms with Crippen LogP contribution < -0.4 is 4.90 Å². The zero-order valence-corrected chi connectivity index (χ0v) is 11.7. The van der Waals surface area contributed by atoms with Crippen molar-refractivity contribution in [3.63, 3.8) is 0 Å². The Kier molecular flexibility index (Phi) is 4.46. The van der Waals surface area contributed by atoms with Gasteiger partial charge in [-0.15, -0.1) is 11.3 Å². The van der Waals surface area contributed by atoms with Crippen LogP contribution in [0.5, 0.6) is 0 Å². The fourth-order valence-corrected chi connectivity index (χ4v) is 2.39. The summed E-state index contributed by atoms with van der Waals surface area (Å²) in [4.78, 5) is 21.6. The summed E-state index contributed by atoms with van der Waals surface area (Å²) in [6.45, 7) is 0.758. The number of carbonyl (C=O) groups is 1. The summed E-state index contributed by atoms with van der Waals surface area (Å²) in [5.41, 5.74) is 1.91. The van der Waals surface area contributed by atoms with Gasteiger partial charge in [0.2, 0.25) is 0 Å². The first kappa shape index (κ1) is 13.5. The average Bonchev–Trinajstić information content (AvgIpc) is 2.88. The molecule has 0 saturated carbocycles. The molecular formula is C13H15N3O2S. The third-order valence-corrected chi connectivity index (χ3v) is 3.59. The molecule has 0 N–H and O–H groups in total. The minimum Gasteiger partial charge on any atom is -0.469 e. The van der Waals surface area contributed by atoms with E-state index in [4.69, 9.17) is 0 Å². The van der Waals surface area contributed by atoms with E-state index < -0.39 is 0 Å². The number of esters is 1. The molecule has 0 bridgehead atoms. The lowest BCUT2D eigenvalue weighted by Gasteiger charge is -2.15. The normalized spacial score (nSPS) is 10.2. The van der Waals surface area contributed by atoms with Crippen molar-refractivity contribution in [2.45, 2.75) is 13.0 Å². The van der Waals surface area contributed by atoms with Gasteiger partial charge in [0.15, 0.2) is 5.13 Å². The molecule has 2 rings (SSSR count). The zero-order valence-electron chi connectivity index (χ0n) is 10.9. The number of aromatic nitrogens is 2. The van der Waals surface area contributed by atoms with Gasteiger partial charge in [-0.3, -0.25) is 9.78 Å². The summed E-state index contributed by atoms with van der Waals surface area (Å²) in [6.07, 6.45) is 3.76. The quantitative estimate of drug-likeness (QED) is 0.781. The number of ether oxygens (including phenoxy) is 1. The van der Waals surface area contributed by atoms with Crippen molar-refractivity contribution in [2.24, 2.45) is 0 Å². The van der Waals surface area contributed by atoms with Crippen molar-refractivity contribution < 1.29 is 9.53 Å². The lowest BCUT2D eigenvalue weighted by molar-refractivity contribution is -0.139. The lowest BCUT2D eigenvalue weighted by atomic mass is 10.2. The first-order valence-electron chi connectivity index (χ1n) is 5.80. The van der Waals surface area contributed by atoms with Gasteiger partial charge in [-0.2, -0.15) is 0 Å². The van der Waals surface area contributed by atoms with Gasteiger partial charge >= 0.3 is 5.97 Å². The van der Waals surface area contributed by atoms with Crippen molar-refractivity contribution in [3.8, 4) is 0 Å². The van der Waals surface area contributed by atoms with Crippen molar-refractivity contribution in [2.75, 3.05) is 19.1 Å².